The lowest BCUT2D eigenvalue weighted by molar-refractivity contribution is -0.122. The fourth-order valence-electron chi connectivity index (χ4n) is 2.65. The van der Waals surface area contributed by atoms with Gasteiger partial charge in [-0.2, -0.15) is 0 Å². The molecule has 0 aromatic carbocycles. The molecule has 0 bridgehead atoms. The number of rotatable bonds is 6. The Kier molecular flexibility index (Phi) is 4.70. The van der Waals surface area contributed by atoms with E-state index in [1.165, 1.54) is 0 Å². The van der Waals surface area contributed by atoms with Gasteiger partial charge < -0.3 is 10.1 Å². The Morgan fingerprint density at radius 2 is 2.10 bits per heavy atom. The van der Waals surface area contributed by atoms with Gasteiger partial charge in [0.1, 0.15) is 0 Å². The zero-order valence-corrected chi connectivity index (χ0v) is 12.3. The molecule has 5 nitrogen and oxygen atoms in total. The van der Waals surface area contributed by atoms with Crippen LogP contribution >= 0.6 is 0 Å². The largest absolute Gasteiger partial charge is 0.477 e. The van der Waals surface area contributed by atoms with E-state index in [-0.39, 0.29) is 5.91 Å². The molecule has 1 saturated carbocycles. The third-order valence-corrected chi connectivity index (χ3v) is 4.12. The Morgan fingerprint density at radius 1 is 1.29 bits per heavy atom. The van der Waals surface area contributed by atoms with Gasteiger partial charge in [-0.15, -0.1) is 0 Å². The number of carbonyl (C=O) groups excluding carboxylic acids is 1. The number of hydrogen-bond acceptors (Lipinski definition) is 4. The Bertz CT molecular complexity index is 454. The van der Waals surface area contributed by atoms with E-state index >= 15 is 0 Å². The second-order valence-electron chi connectivity index (χ2n) is 6.04. The van der Waals surface area contributed by atoms with Crippen molar-refractivity contribution in [2.75, 3.05) is 26.2 Å². The van der Waals surface area contributed by atoms with Gasteiger partial charge >= 0.3 is 0 Å². The molecule has 0 unspecified atom stereocenters. The van der Waals surface area contributed by atoms with Crippen molar-refractivity contribution in [3.63, 3.8) is 0 Å². The van der Waals surface area contributed by atoms with Crippen molar-refractivity contribution >= 4 is 5.91 Å². The second-order valence-corrected chi connectivity index (χ2v) is 6.04. The molecule has 21 heavy (non-hydrogen) atoms. The summed E-state index contributed by atoms with van der Waals surface area (Å²) in [7, 11) is 0. The van der Waals surface area contributed by atoms with Gasteiger partial charge in [-0.25, -0.2) is 4.98 Å². The minimum Gasteiger partial charge on any atom is -0.477 e. The molecule has 1 amide bonds. The molecule has 1 N–H and O–H groups in total. The SMILES string of the molecule is O=C(CN1CCC(COc2ccccn2)CC1)NC1CC1. The molecule has 1 aliphatic heterocycles. The van der Waals surface area contributed by atoms with Crippen LogP contribution in [0.4, 0.5) is 0 Å². The Balaban J connectivity index is 1.33. The molecule has 5 heteroatoms. The number of aromatic nitrogens is 1. The quantitative estimate of drug-likeness (QED) is 0.861. The number of pyridine rings is 1. The number of piperidine rings is 1. The van der Waals surface area contributed by atoms with Crippen molar-refractivity contribution in [3.8, 4) is 5.88 Å². The van der Waals surface area contributed by atoms with Crippen LogP contribution < -0.4 is 10.1 Å². The highest BCUT2D eigenvalue weighted by Crippen LogP contribution is 2.20. The summed E-state index contributed by atoms with van der Waals surface area (Å²) in [6.07, 6.45) is 6.22. The lowest BCUT2D eigenvalue weighted by Crippen LogP contribution is -2.42. The zero-order valence-electron chi connectivity index (χ0n) is 12.3. The summed E-state index contributed by atoms with van der Waals surface area (Å²) in [5.74, 6) is 1.44. The molecule has 1 aliphatic carbocycles. The molecule has 1 saturated heterocycles. The van der Waals surface area contributed by atoms with Gasteiger partial charge in [0.15, 0.2) is 0 Å². The smallest absolute Gasteiger partial charge is 0.234 e. The normalized spacial score (nSPS) is 20.2. The first-order valence-corrected chi connectivity index (χ1v) is 7.85. The predicted molar refractivity (Wildman–Crippen MR) is 80.1 cm³/mol. The maximum atomic E-state index is 11.8. The van der Waals surface area contributed by atoms with Gasteiger partial charge in [-0.3, -0.25) is 9.69 Å². The van der Waals surface area contributed by atoms with Crippen LogP contribution in [-0.2, 0) is 4.79 Å². The van der Waals surface area contributed by atoms with E-state index in [1.54, 1.807) is 6.20 Å². The Hall–Kier alpha value is -1.62. The number of nitrogens with one attached hydrogen (secondary N) is 1. The molecule has 0 spiro atoms. The van der Waals surface area contributed by atoms with Crippen LogP contribution in [0.2, 0.25) is 0 Å². The summed E-state index contributed by atoms with van der Waals surface area (Å²) < 4.78 is 5.71. The summed E-state index contributed by atoms with van der Waals surface area (Å²) in [5.41, 5.74) is 0. The monoisotopic (exact) mass is 289 g/mol. The van der Waals surface area contributed by atoms with E-state index in [1.807, 2.05) is 18.2 Å². The predicted octanol–water partition coefficient (Wildman–Crippen LogP) is 1.45. The first kappa shape index (κ1) is 14.3. The maximum Gasteiger partial charge on any atom is 0.234 e. The fourth-order valence-corrected chi connectivity index (χ4v) is 2.65. The number of likely N-dealkylation sites (tertiary alicyclic amines) is 1. The molecule has 114 valence electrons. The molecule has 3 rings (SSSR count). The molecular weight excluding hydrogens is 266 g/mol. The van der Waals surface area contributed by atoms with E-state index in [2.05, 4.69) is 15.2 Å². The van der Waals surface area contributed by atoms with Crippen LogP contribution in [0.5, 0.6) is 5.88 Å². The molecule has 0 radical (unpaired) electrons. The topological polar surface area (TPSA) is 54.5 Å². The molecule has 2 heterocycles. The zero-order chi connectivity index (χ0) is 14.5. The highest BCUT2D eigenvalue weighted by Gasteiger charge is 2.25. The van der Waals surface area contributed by atoms with Crippen LogP contribution in [0.15, 0.2) is 24.4 Å². The van der Waals surface area contributed by atoms with Crippen LogP contribution in [-0.4, -0.2) is 48.1 Å². The van der Waals surface area contributed by atoms with Crippen LogP contribution in [0, 0.1) is 5.92 Å². The number of ether oxygens (including phenoxy) is 1. The van der Waals surface area contributed by atoms with Gasteiger partial charge in [0.25, 0.3) is 0 Å². The average molecular weight is 289 g/mol. The minimum atomic E-state index is 0.181. The van der Waals surface area contributed by atoms with Gasteiger partial charge in [-0.1, -0.05) is 6.07 Å². The van der Waals surface area contributed by atoms with E-state index in [9.17, 15) is 4.79 Å². The standard InChI is InChI=1S/C16H23N3O2/c20-15(18-14-4-5-14)11-19-9-6-13(7-10-19)12-21-16-3-1-2-8-17-16/h1-3,8,13-14H,4-7,9-12H2,(H,18,20). The van der Waals surface area contributed by atoms with Crippen LogP contribution in [0.3, 0.4) is 0 Å². The van der Waals surface area contributed by atoms with Gasteiger partial charge in [0, 0.05) is 18.3 Å². The lowest BCUT2D eigenvalue weighted by atomic mass is 9.98. The fraction of sp³-hybridized carbons (Fsp3) is 0.625. The van der Waals surface area contributed by atoms with E-state index < -0.39 is 0 Å². The van der Waals surface area contributed by atoms with Crippen molar-refractivity contribution in [2.45, 2.75) is 31.7 Å². The molecule has 2 aliphatic rings. The first-order valence-electron chi connectivity index (χ1n) is 7.85. The minimum absolute atomic E-state index is 0.181. The van der Waals surface area contributed by atoms with Crippen molar-refractivity contribution in [1.82, 2.24) is 15.2 Å². The van der Waals surface area contributed by atoms with Crippen molar-refractivity contribution in [1.29, 1.82) is 0 Å². The average Bonchev–Trinajstić information content (AvgIpc) is 3.31. The Labute approximate surface area is 125 Å². The second kappa shape index (κ2) is 6.89. The van der Waals surface area contributed by atoms with Crippen LogP contribution in [0.25, 0.3) is 0 Å². The van der Waals surface area contributed by atoms with E-state index in [0.717, 1.165) is 45.4 Å². The molecule has 1 aromatic heterocycles. The molecule has 0 atom stereocenters. The summed E-state index contributed by atoms with van der Waals surface area (Å²) >= 11 is 0. The van der Waals surface area contributed by atoms with Crippen molar-refractivity contribution in [3.05, 3.63) is 24.4 Å². The van der Waals surface area contributed by atoms with Gasteiger partial charge in [-0.05, 0) is 50.8 Å². The maximum absolute atomic E-state index is 11.8. The summed E-state index contributed by atoms with van der Waals surface area (Å²) in [5, 5.41) is 3.05. The highest BCUT2D eigenvalue weighted by atomic mass is 16.5. The molecule has 2 fully saturated rings. The van der Waals surface area contributed by atoms with Crippen LogP contribution in [0.1, 0.15) is 25.7 Å². The van der Waals surface area contributed by atoms with E-state index in [4.69, 9.17) is 4.74 Å². The van der Waals surface area contributed by atoms with Gasteiger partial charge in [0.2, 0.25) is 11.8 Å². The van der Waals surface area contributed by atoms with Crippen molar-refractivity contribution < 1.29 is 9.53 Å². The third-order valence-electron chi connectivity index (χ3n) is 4.12. The van der Waals surface area contributed by atoms with Crippen molar-refractivity contribution in [2.24, 2.45) is 5.92 Å². The number of hydrogen-bond donors (Lipinski definition) is 1. The number of carbonyl (C=O) groups is 1. The summed E-state index contributed by atoms with van der Waals surface area (Å²) in [6.45, 7) is 3.23. The summed E-state index contributed by atoms with van der Waals surface area (Å²) in [4.78, 5) is 18.2. The lowest BCUT2D eigenvalue weighted by Gasteiger charge is -2.31. The Morgan fingerprint density at radius 3 is 2.76 bits per heavy atom. The highest BCUT2D eigenvalue weighted by molar-refractivity contribution is 5.78. The first-order chi connectivity index (χ1) is 10.3. The summed E-state index contributed by atoms with van der Waals surface area (Å²) in [6, 6.07) is 6.17. The molecular formula is C16H23N3O2. The third kappa shape index (κ3) is 4.70. The van der Waals surface area contributed by atoms with E-state index in [0.29, 0.717) is 24.4 Å². The molecule has 1 aromatic rings. The van der Waals surface area contributed by atoms with Gasteiger partial charge in [0.05, 0.1) is 13.2 Å². The number of nitrogens with zero attached hydrogens (tertiary/aromatic N) is 2. The number of amides is 1.